The van der Waals surface area contributed by atoms with Gasteiger partial charge in [-0.05, 0) is 40.8 Å². The summed E-state index contributed by atoms with van der Waals surface area (Å²) in [5, 5.41) is 9.50. The highest BCUT2D eigenvalue weighted by Crippen LogP contribution is 2.45. The van der Waals surface area contributed by atoms with Crippen molar-refractivity contribution < 1.29 is 19.4 Å². The van der Waals surface area contributed by atoms with Gasteiger partial charge in [0.25, 0.3) is 0 Å². The molecule has 0 unspecified atom stereocenters. The van der Waals surface area contributed by atoms with E-state index in [0.29, 0.717) is 20.9 Å². The van der Waals surface area contributed by atoms with Gasteiger partial charge in [0, 0.05) is 5.56 Å². The standard InChI is InChI=1S/C15H16BrNO4S/c1-21-14(18)10-7-9-12(22-10)11(8-5-3-2-4-6-8)13(16)17(9)15(19)20/h7-8H,2-6H2,1H3,(H,19,20). The van der Waals surface area contributed by atoms with Crippen LogP contribution in [0, 0.1) is 0 Å². The molecule has 0 aromatic carbocycles. The number of hydrogen-bond acceptors (Lipinski definition) is 4. The monoisotopic (exact) mass is 385 g/mol. The lowest BCUT2D eigenvalue weighted by Gasteiger charge is -2.21. The summed E-state index contributed by atoms with van der Waals surface area (Å²) in [7, 11) is 1.33. The van der Waals surface area contributed by atoms with E-state index >= 15 is 0 Å². The predicted octanol–water partition coefficient (Wildman–Crippen LogP) is 4.83. The lowest BCUT2D eigenvalue weighted by Crippen LogP contribution is -2.10. The van der Waals surface area contributed by atoms with Gasteiger partial charge in [-0.2, -0.15) is 0 Å². The van der Waals surface area contributed by atoms with Crippen LogP contribution in [0.1, 0.15) is 53.3 Å². The Labute approximate surface area is 140 Å². The van der Waals surface area contributed by atoms with E-state index in [1.807, 2.05) is 0 Å². The summed E-state index contributed by atoms with van der Waals surface area (Å²) in [4.78, 5) is 23.8. The van der Waals surface area contributed by atoms with Crippen LogP contribution in [-0.2, 0) is 4.74 Å². The average Bonchev–Trinajstić information content (AvgIpc) is 3.02. The topological polar surface area (TPSA) is 68.5 Å². The summed E-state index contributed by atoms with van der Waals surface area (Å²) < 4.78 is 7.46. The zero-order chi connectivity index (χ0) is 15.9. The molecule has 2 aromatic heterocycles. The molecule has 2 heterocycles. The van der Waals surface area contributed by atoms with E-state index in [0.717, 1.165) is 35.9 Å². The van der Waals surface area contributed by atoms with Crippen molar-refractivity contribution in [3.8, 4) is 0 Å². The molecule has 2 aromatic rings. The van der Waals surface area contributed by atoms with Crippen molar-refractivity contribution >= 4 is 49.5 Å². The van der Waals surface area contributed by atoms with E-state index in [4.69, 9.17) is 4.74 Å². The Kier molecular flexibility index (Phi) is 4.27. The summed E-state index contributed by atoms with van der Waals surface area (Å²) in [5.41, 5.74) is 1.59. The number of halogens is 1. The second-order valence-electron chi connectivity index (χ2n) is 5.47. The van der Waals surface area contributed by atoms with Gasteiger partial charge < -0.3 is 9.84 Å². The van der Waals surface area contributed by atoms with Crippen LogP contribution in [0.2, 0.25) is 0 Å². The molecule has 0 spiro atoms. The second kappa shape index (κ2) is 6.04. The van der Waals surface area contributed by atoms with Crippen LogP contribution in [0.25, 0.3) is 10.2 Å². The third-order valence-electron chi connectivity index (χ3n) is 4.21. The zero-order valence-electron chi connectivity index (χ0n) is 12.1. The van der Waals surface area contributed by atoms with Crippen LogP contribution in [0.5, 0.6) is 0 Å². The molecule has 0 aliphatic heterocycles. The Balaban J connectivity index is 2.20. The SMILES string of the molecule is COC(=O)c1cc2c(s1)c(C1CCCCC1)c(Br)n2C(=O)O. The predicted molar refractivity (Wildman–Crippen MR) is 88.1 cm³/mol. The largest absolute Gasteiger partial charge is 0.465 e. The number of esters is 1. The van der Waals surface area contributed by atoms with Crippen LogP contribution in [0.15, 0.2) is 10.7 Å². The first kappa shape index (κ1) is 15.6. The molecular weight excluding hydrogens is 370 g/mol. The number of carboxylic acid groups (broad SMARTS) is 1. The van der Waals surface area contributed by atoms with Crippen molar-refractivity contribution in [1.82, 2.24) is 4.57 Å². The fraction of sp³-hybridized carbons (Fsp3) is 0.467. The molecule has 0 bridgehead atoms. The molecule has 1 aliphatic carbocycles. The van der Waals surface area contributed by atoms with Gasteiger partial charge in [0.2, 0.25) is 0 Å². The average molecular weight is 386 g/mol. The first-order chi connectivity index (χ1) is 10.5. The summed E-state index contributed by atoms with van der Waals surface area (Å²) in [6.07, 6.45) is 4.62. The van der Waals surface area contributed by atoms with E-state index in [1.165, 1.54) is 29.4 Å². The highest BCUT2D eigenvalue weighted by molar-refractivity contribution is 9.10. The molecule has 5 nitrogen and oxygen atoms in total. The van der Waals surface area contributed by atoms with Crippen molar-refractivity contribution in [1.29, 1.82) is 0 Å². The molecule has 3 rings (SSSR count). The van der Waals surface area contributed by atoms with Crippen molar-refractivity contribution in [2.24, 2.45) is 0 Å². The number of methoxy groups -OCH3 is 1. The third kappa shape index (κ3) is 2.46. The van der Waals surface area contributed by atoms with Crippen LogP contribution in [-0.4, -0.2) is 28.8 Å². The maximum atomic E-state index is 11.8. The van der Waals surface area contributed by atoms with Crippen molar-refractivity contribution in [3.05, 3.63) is 21.1 Å². The maximum Gasteiger partial charge on any atom is 0.416 e. The molecule has 1 N–H and O–H groups in total. The van der Waals surface area contributed by atoms with Gasteiger partial charge in [0.05, 0.1) is 17.3 Å². The van der Waals surface area contributed by atoms with E-state index in [-0.39, 0.29) is 0 Å². The van der Waals surface area contributed by atoms with Crippen LogP contribution in [0.4, 0.5) is 4.79 Å². The Morgan fingerprint density at radius 2 is 2.05 bits per heavy atom. The minimum atomic E-state index is -1.05. The molecule has 22 heavy (non-hydrogen) atoms. The number of ether oxygens (including phenoxy) is 1. The van der Waals surface area contributed by atoms with Gasteiger partial charge in [-0.3, -0.25) is 0 Å². The van der Waals surface area contributed by atoms with Crippen LogP contribution in [0.3, 0.4) is 0 Å². The highest BCUT2D eigenvalue weighted by Gasteiger charge is 2.29. The fourth-order valence-electron chi connectivity index (χ4n) is 3.19. The quantitative estimate of drug-likeness (QED) is 0.751. The second-order valence-corrected chi connectivity index (χ2v) is 7.28. The summed E-state index contributed by atoms with van der Waals surface area (Å²) in [6.45, 7) is 0. The zero-order valence-corrected chi connectivity index (χ0v) is 14.5. The Morgan fingerprint density at radius 3 is 2.64 bits per heavy atom. The molecule has 0 saturated heterocycles. The minimum absolute atomic E-state index is 0.343. The minimum Gasteiger partial charge on any atom is -0.465 e. The lowest BCUT2D eigenvalue weighted by atomic mass is 9.85. The summed E-state index contributed by atoms with van der Waals surface area (Å²) >= 11 is 4.78. The number of hydrogen-bond donors (Lipinski definition) is 1. The lowest BCUT2D eigenvalue weighted by molar-refractivity contribution is 0.0606. The van der Waals surface area contributed by atoms with Gasteiger partial charge in [-0.1, -0.05) is 19.3 Å². The van der Waals surface area contributed by atoms with Crippen LogP contribution >= 0.6 is 27.3 Å². The first-order valence-corrected chi connectivity index (χ1v) is 8.80. The van der Waals surface area contributed by atoms with Gasteiger partial charge in [-0.15, -0.1) is 11.3 Å². The Bertz CT molecular complexity index is 742. The molecular formula is C15H16BrNO4S. The highest BCUT2D eigenvalue weighted by atomic mass is 79.9. The van der Waals surface area contributed by atoms with E-state index in [2.05, 4.69) is 15.9 Å². The molecule has 0 radical (unpaired) electrons. The van der Waals surface area contributed by atoms with Crippen molar-refractivity contribution in [3.63, 3.8) is 0 Å². The molecule has 1 fully saturated rings. The number of nitrogens with zero attached hydrogens (tertiary/aromatic N) is 1. The molecule has 1 saturated carbocycles. The maximum absolute atomic E-state index is 11.8. The van der Waals surface area contributed by atoms with Crippen molar-refractivity contribution in [2.75, 3.05) is 7.11 Å². The van der Waals surface area contributed by atoms with Gasteiger partial charge in [-0.25, -0.2) is 14.2 Å². The van der Waals surface area contributed by atoms with Gasteiger partial charge in [0.15, 0.2) is 0 Å². The van der Waals surface area contributed by atoms with E-state index in [1.54, 1.807) is 6.07 Å². The first-order valence-electron chi connectivity index (χ1n) is 7.19. The number of rotatable bonds is 2. The van der Waals surface area contributed by atoms with Crippen LogP contribution < -0.4 is 0 Å². The fourth-order valence-corrected chi connectivity index (χ4v) is 5.37. The molecule has 7 heteroatoms. The number of carbonyl (C=O) groups excluding carboxylic acids is 1. The summed E-state index contributed by atoms with van der Waals surface area (Å²) in [5.74, 6) is -0.0840. The van der Waals surface area contributed by atoms with Gasteiger partial charge >= 0.3 is 12.1 Å². The Hall–Kier alpha value is -1.34. The van der Waals surface area contributed by atoms with E-state index < -0.39 is 12.1 Å². The number of thiophene rings is 1. The normalized spacial score (nSPS) is 16.1. The Morgan fingerprint density at radius 1 is 1.36 bits per heavy atom. The summed E-state index contributed by atoms with van der Waals surface area (Å²) in [6, 6.07) is 1.61. The van der Waals surface area contributed by atoms with Crippen molar-refractivity contribution in [2.45, 2.75) is 38.0 Å². The smallest absolute Gasteiger partial charge is 0.416 e. The molecule has 1 aliphatic rings. The molecule has 0 amide bonds. The number of carbonyl (C=O) groups is 2. The third-order valence-corrected chi connectivity index (χ3v) is 6.13. The number of aromatic nitrogens is 1. The molecule has 0 atom stereocenters. The van der Waals surface area contributed by atoms with Gasteiger partial charge in [0.1, 0.15) is 9.48 Å². The van der Waals surface area contributed by atoms with E-state index in [9.17, 15) is 14.7 Å². The molecule has 118 valence electrons. The number of fused-ring (bicyclic) bond motifs is 1.